The summed E-state index contributed by atoms with van der Waals surface area (Å²) in [6.07, 6.45) is 0. The Labute approximate surface area is 392 Å². The minimum atomic E-state index is -0.545. The highest BCUT2D eigenvalue weighted by Crippen LogP contribution is 2.65. The van der Waals surface area contributed by atoms with E-state index < -0.39 is 5.41 Å². The van der Waals surface area contributed by atoms with Crippen molar-refractivity contribution in [1.29, 1.82) is 0 Å². The second kappa shape index (κ2) is 16.3. The van der Waals surface area contributed by atoms with Crippen LogP contribution in [0, 0.1) is 13.8 Å². The second-order valence-electron chi connectivity index (χ2n) is 17.6. The van der Waals surface area contributed by atoms with Gasteiger partial charge >= 0.3 is 0 Å². The van der Waals surface area contributed by atoms with E-state index >= 15 is 0 Å². The molecule has 1 spiro atoms. The van der Waals surface area contributed by atoms with Gasteiger partial charge in [0.1, 0.15) is 0 Å². The molecule has 1 heterocycles. The van der Waals surface area contributed by atoms with Crippen molar-refractivity contribution in [3.05, 3.63) is 319 Å². The van der Waals surface area contributed by atoms with Crippen molar-refractivity contribution in [2.75, 3.05) is 0 Å². The maximum absolute atomic E-state index is 2.56. The molecule has 2 aliphatic rings. The first-order chi connectivity index (χ1) is 32.6. The van der Waals surface area contributed by atoms with Gasteiger partial charge in [0.15, 0.2) is 0 Å². The predicted octanol–water partition coefficient (Wildman–Crippen LogP) is 16.7. The number of benzene rings is 9. The quantitative estimate of drug-likeness (QED) is 0.134. The maximum Gasteiger partial charge on any atom is 0.0819 e. The summed E-state index contributed by atoms with van der Waals surface area (Å²) in [6, 6.07) is 87.8. The molecular formula is C65H46S. The first kappa shape index (κ1) is 39.7. The second-order valence-corrected chi connectivity index (χ2v) is 18.5. The van der Waals surface area contributed by atoms with Crippen molar-refractivity contribution < 1.29 is 0 Å². The van der Waals surface area contributed by atoms with Crippen molar-refractivity contribution >= 4 is 33.6 Å². The molecule has 0 aliphatic heterocycles. The van der Waals surface area contributed by atoms with E-state index in [2.05, 4.69) is 256 Å². The summed E-state index contributed by atoms with van der Waals surface area (Å²) in [7, 11) is 0. The van der Waals surface area contributed by atoms with Gasteiger partial charge in [-0.25, -0.2) is 0 Å². The summed E-state index contributed by atoms with van der Waals surface area (Å²) in [5.41, 5.74) is 25.8. The van der Waals surface area contributed by atoms with E-state index in [1.807, 2.05) is 11.3 Å². The molecule has 0 radical (unpaired) electrons. The Morgan fingerprint density at radius 2 is 0.606 bits per heavy atom. The summed E-state index contributed by atoms with van der Waals surface area (Å²) in [4.78, 5) is 1.39. The Morgan fingerprint density at radius 3 is 0.970 bits per heavy atom. The van der Waals surface area contributed by atoms with Crippen LogP contribution in [0.3, 0.4) is 0 Å². The van der Waals surface area contributed by atoms with E-state index in [-0.39, 0.29) is 0 Å². The lowest BCUT2D eigenvalue weighted by Gasteiger charge is -2.31. The third-order valence-electron chi connectivity index (χ3n) is 13.9. The smallest absolute Gasteiger partial charge is 0.0819 e. The number of thiophene rings is 1. The van der Waals surface area contributed by atoms with Gasteiger partial charge in [-0.05, 0) is 154 Å². The number of hydrogen-bond acceptors (Lipinski definition) is 1. The Balaban J connectivity index is 1.19. The van der Waals surface area contributed by atoms with Gasteiger partial charge in [0.2, 0.25) is 0 Å². The van der Waals surface area contributed by atoms with Crippen molar-refractivity contribution in [1.82, 2.24) is 0 Å². The number of aryl methyl sites for hydroxylation is 2. The SMILES string of the molecule is Cc1cc2c(cc1C)C1(c3cc(C(=C(c4ccccc4)c4ccccc4)c4ccccc4)ccc3-c3ccc(C(=C(c4ccccc4)c4ccccc4)c4ccccc4)cc31)c1sccc1-2. The summed E-state index contributed by atoms with van der Waals surface area (Å²) < 4.78 is 0. The largest absolute Gasteiger partial charge is 0.147 e. The summed E-state index contributed by atoms with van der Waals surface area (Å²) >= 11 is 1.90. The average Bonchev–Trinajstić information content (AvgIpc) is 4.05. The monoisotopic (exact) mass is 858 g/mol. The Bertz CT molecular complexity index is 3220. The van der Waals surface area contributed by atoms with E-state index in [4.69, 9.17) is 0 Å². The molecule has 0 fully saturated rings. The number of hydrogen-bond donors (Lipinski definition) is 0. The molecule has 1 heteroatoms. The van der Waals surface area contributed by atoms with E-state index in [0.717, 1.165) is 0 Å². The van der Waals surface area contributed by atoms with Gasteiger partial charge < -0.3 is 0 Å². The fraction of sp³-hybridized carbons (Fsp3) is 0.0462. The minimum Gasteiger partial charge on any atom is -0.147 e. The molecule has 0 amide bonds. The Hall–Kier alpha value is -7.84. The van der Waals surface area contributed by atoms with Crippen molar-refractivity contribution in [2.24, 2.45) is 0 Å². The first-order valence-corrected chi connectivity index (χ1v) is 23.8. The van der Waals surface area contributed by atoms with Gasteiger partial charge in [0.25, 0.3) is 0 Å². The fourth-order valence-electron chi connectivity index (χ4n) is 10.9. The van der Waals surface area contributed by atoms with Gasteiger partial charge in [-0.15, -0.1) is 11.3 Å². The van der Waals surface area contributed by atoms with Gasteiger partial charge in [0, 0.05) is 4.88 Å². The van der Waals surface area contributed by atoms with Gasteiger partial charge in [-0.1, -0.05) is 218 Å². The molecule has 0 atom stereocenters. The van der Waals surface area contributed by atoms with Crippen LogP contribution in [0.25, 0.3) is 44.5 Å². The van der Waals surface area contributed by atoms with Crippen LogP contribution in [0.1, 0.15) is 77.2 Å². The molecule has 1 aromatic heterocycles. The van der Waals surface area contributed by atoms with Crippen LogP contribution in [0.4, 0.5) is 0 Å². The predicted molar refractivity (Wildman–Crippen MR) is 279 cm³/mol. The molecule has 2 aliphatic carbocycles. The van der Waals surface area contributed by atoms with Crippen LogP contribution in [-0.2, 0) is 5.41 Å². The molecule has 0 N–H and O–H groups in total. The molecule has 10 aromatic rings. The molecule has 312 valence electrons. The zero-order valence-electron chi connectivity index (χ0n) is 37.0. The summed E-state index contributed by atoms with van der Waals surface area (Å²) in [5.74, 6) is 0. The maximum atomic E-state index is 2.56. The van der Waals surface area contributed by atoms with E-state index in [1.54, 1.807) is 0 Å². The zero-order valence-corrected chi connectivity index (χ0v) is 37.8. The number of fused-ring (bicyclic) bond motifs is 10. The van der Waals surface area contributed by atoms with E-state index in [9.17, 15) is 0 Å². The van der Waals surface area contributed by atoms with Crippen molar-refractivity contribution in [2.45, 2.75) is 19.3 Å². The fourth-order valence-corrected chi connectivity index (χ4v) is 12.1. The van der Waals surface area contributed by atoms with Crippen molar-refractivity contribution in [3.8, 4) is 22.3 Å². The van der Waals surface area contributed by atoms with E-state index in [0.29, 0.717) is 0 Å². The molecular weight excluding hydrogens is 813 g/mol. The zero-order chi connectivity index (χ0) is 44.2. The third-order valence-corrected chi connectivity index (χ3v) is 15.0. The highest BCUT2D eigenvalue weighted by molar-refractivity contribution is 7.11. The van der Waals surface area contributed by atoms with E-state index in [1.165, 1.54) is 122 Å². The molecule has 0 saturated heterocycles. The lowest BCUT2D eigenvalue weighted by Crippen LogP contribution is -2.25. The topological polar surface area (TPSA) is 0 Å². The summed E-state index contributed by atoms with van der Waals surface area (Å²) in [6.45, 7) is 4.54. The highest BCUT2D eigenvalue weighted by Gasteiger charge is 2.53. The van der Waals surface area contributed by atoms with Gasteiger partial charge in [-0.2, -0.15) is 0 Å². The molecule has 0 bridgehead atoms. The van der Waals surface area contributed by atoms with Gasteiger partial charge in [0.05, 0.1) is 5.41 Å². The van der Waals surface area contributed by atoms with Crippen LogP contribution >= 0.6 is 11.3 Å². The third kappa shape index (κ3) is 6.34. The van der Waals surface area contributed by atoms with Crippen LogP contribution in [0.2, 0.25) is 0 Å². The number of rotatable bonds is 8. The lowest BCUT2D eigenvalue weighted by atomic mass is 9.72. The van der Waals surface area contributed by atoms with Crippen LogP contribution in [-0.4, -0.2) is 0 Å². The average molecular weight is 859 g/mol. The lowest BCUT2D eigenvalue weighted by molar-refractivity contribution is 0.809. The highest BCUT2D eigenvalue weighted by atomic mass is 32.1. The molecule has 9 aromatic carbocycles. The Morgan fingerprint density at radius 1 is 0.288 bits per heavy atom. The van der Waals surface area contributed by atoms with Crippen molar-refractivity contribution in [3.63, 3.8) is 0 Å². The molecule has 0 unspecified atom stereocenters. The Kier molecular flexibility index (Phi) is 9.81. The standard InChI is InChI=1S/C65H46S/c1-43-39-56-55-37-38-66-64(55)65(57(56)40-44(43)2)58-41-51(62(49-29-17-7-18-30-49)60(45-21-9-3-10-22-45)46-23-11-4-12-24-46)33-35-53(58)54-36-34-52(42-59(54)65)63(50-31-19-8-20-32-50)61(47-25-13-5-14-26-47)48-27-15-6-16-28-48/h3-42H,1-2H3. The first-order valence-electron chi connectivity index (χ1n) is 22.9. The molecule has 66 heavy (non-hydrogen) atoms. The molecule has 0 nitrogen and oxygen atoms in total. The van der Waals surface area contributed by atoms with Crippen LogP contribution < -0.4 is 0 Å². The molecule has 12 rings (SSSR count). The minimum absolute atomic E-state index is 0.545. The normalized spacial score (nSPS) is 12.5. The van der Waals surface area contributed by atoms with Crippen LogP contribution in [0.15, 0.2) is 242 Å². The van der Waals surface area contributed by atoms with Gasteiger partial charge in [-0.3, -0.25) is 0 Å². The summed E-state index contributed by atoms with van der Waals surface area (Å²) in [5, 5.41) is 2.31. The van der Waals surface area contributed by atoms with Crippen LogP contribution in [0.5, 0.6) is 0 Å². The molecule has 0 saturated carbocycles.